The highest BCUT2D eigenvalue weighted by atomic mass is 16.5. The molecule has 0 aromatic heterocycles. The summed E-state index contributed by atoms with van der Waals surface area (Å²) >= 11 is 0. The summed E-state index contributed by atoms with van der Waals surface area (Å²) in [7, 11) is 1.60. The van der Waals surface area contributed by atoms with E-state index in [9.17, 15) is 9.59 Å². The first-order valence-corrected chi connectivity index (χ1v) is 14.1. The molecule has 0 spiro atoms. The van der Waals surface area contributed by atoms with Gasteiger partial charge in [0.25, 0.3) is 5.91 Å². The molecular weight excluding hydrogens is 512 g/mol. The van der Waals surface area contributed by atoms with Crippen LogP contribution in [0.25, 0.3) is 0 Å². The van der Waals surface area contributed by atoms with Crippen LogP contribution in [0.4, 0.5) is 4.79 Å². The summed E-state index contributed by atoms with van der Waals surface area (Å²) in [6.07, 6.45) is 1.77. The number of nitrogens with one attached hydrogen (secondary N) is 3. The fourth-order valence-corrected chi connectivity index (χ4v) is 4.76. The molecule has 4 bridgehead atoms. The molecule has 1 saturated heterocycles. The fourth-order valence-electron chi connectivity index (χ4n) is 4.76. The van der Waals surface area contributed by atoms with Gasteiger partial charge in [-0.2, -0.15) is 0 Å². The molecule has 3 amide bonds. The van der Waals surface area contributed by atoms with Crippen LogP contribution in [0.15, 0.2) is 42.5 Å². The molecule has 0 aliphatic carbocycles. The summed E-state index contributed by atoms with van der Waals surface area (Å²) in [5.74, 6) is 1.94. The predicted octanol–water partition coefficient (Wildman–Crippen LogP) is 3.55. The van der Waals surface area contributed by atoms with Crippen LogP contribution in [0.5, 0.6) is 17.2 Å². The summed E-state index contributed by atoms with van der Waals surface area (Å²) in [6, 6.07) is 12.4. The molecule has 4 rings (SSSR count). The van der Waals surface area contributed by atoms with Crippen molar-refractivity contribution in [2.45, 2.75) is 45.4 Å². The molecule has 10 heteroatoms. The molecule has 218 valence electrons. The smallest absolute Gasteiger partial charge is 0.315 e. The molecule has 40 heavy (non-hydrogen) atoms. The van der Waals surface area contributed by atoms with Gasteiger partial charge < -0.3 is 39.8 Å². The minimum Gasteiger partial charge on any atom is -0.491 e. The van der Waals surface area contributed by atoms with Crippen molar-refractivity contribution in [2.75, 3.05) is 53.0 Å². The number of amides is 3. The SMILES string of the molecule is COCCOc1cc2cc(c1)C(=O)NCCNC(=O)N[C@H]1CCN(CCC(C)C)C[C@@H]1OCc1cccc(c1)O2. The first-order valence-electron chi connectivity index (χ1n) is 14.1. The maximum atomic E-state index is 12.9. The Hall–Kier alpha value is -3.34. The van der Waals surface area contributed by atoms with Gasteiger partial charge in [-0.1, -0.05) is 26.0 Å². The number of piperidine rings is 1. The van der Waals surface area contributed by atoms with E-state index in [0.717, 1.165) is 38.0 Å². The Morgan fingerprint density at radius 3 is 2.73 bits per heavy atom. The monoisotopic (exact) mass is 554 g/mol. The maximum Gasteiger partial charge on any atom is 0.315 e. The highest BCUT2D eigenvalue weighted by molar-refractivity contribution is 5.95. The highest BCUT2D eigenvalue weighted by Gasteiger charge is 2.31. The standard InChI is InChI=1S/C30H42N4O6/c1-21(2)7-11-34-12-8-27-28(19-34)39-20-22-5-4-6-24(15-22)40-26-17-23(16-25(18-26)38-14-13-37-3)29(35)31-9-10-32-30(36)33-27/h4-6,15-18,21,27-28H,7-14,19-20H2,1-3H3,(H,31,35)(H2,32,33,36)/t27-,28-/m0/s1. The van der Waals surface area contributed by atoms with Crippen LogP contribution in [-0.4, -0.2) is 82.0 Å². The van der Waals surface area contributed by atoms with E-state index in [4.69, 9.17) is 18.9 Å². The Labute approximate surface area is 236 Å². The summed E-state index contributed by atoms with van der Waals surface area (Å²) in [5.41, 5.74) is 1.34. The second-order valence-electron chi connectivity index (χ2n) is 10.7. The number of urea groups is 1. The quantitative estimate of drug-likeness (QED) is 0.449. The van der Waals surface area contributed by atoms with E-state index in [2.05, 4.69) is 34.7 Å². The van der Waals surface area contributed by atoms with E-state index < -0.39 is 0 Å². The van der Waals surface area contributed by atoms with E-state index in [1.54, 1.807) is 25.3 Å². The lowest BCUT2D eigenvalue weighted by Gasteiger charge is -2.39. The normalized spacial score (nSPS) is 20.7. The molecule has 3 N–H and O–H groups in total. The molecular formula is C30H42N4O6. The third-order valence-electron chi connectivity index (χ3n) is 6.98. The lowest BCUT2D eigenvalue weighted by molar-refractivity contribution is -0.0291. The van der Waals surface area contributed by atoms with E-state index in [0.29, 0.717) is 48.6 Å². The van der Waals surface area contributed by atoms with E-state index >= 15 is 0 Å². The van der Waals surface area contributed by atoms with Crippen molar-refractivity contribution in [1.82, 2.24) is 20.9 Å². The van der Waals surface area contributed by atoms with Gasteiger partial charge in [0, 0.05) is 44.9 Å². The van der Waals surface area contributed by atoms with Crippen molar-refractivity contribution >= 4 is 11.9 Å². The van der Waals surface area contributed by atoms with Crippen LogP contribution in [0.2, 0.25) is 0 Å². The molecule has 2 atom stereocenters. The second-order valence-corrected chi connectivity index (χ2v) is 10.7. The van der Waals surface area contributed by atoms with E-state index in [-0.39, 0.29) is 37.2 Å². The third-order valence-corrected chi connectivity index (χ3v) is 6.98. The lowest BCUT2D eigenvalue weighted by atomic mass is 10.0. The van der Waals surface area contributed by atoms with Crippen molar-refractivity contribution in [3.05, 3.63) is 53.6 Å². The number of rotatable bonds is 7. The number of nitrogens with zero attached hydrogens (tertiary/aromatic N) is 1. The van der Waals surface area contributed by atoms with Crippen LogP contribution >= 0.6 is 0 Å². The van der Waals surface area contributed by atoms with Gasteiger partial charge in [-0.15, -0.1) is 0 Å². The molecule has 2 heterocycles. The number of likely N-dealkylation sites (tertiary alicyclic amines) is 1. The molecule has 0 unspecified atom stereocenters. The number of hydrogen-bond donors (Lipinski definition) is 3. The van der Waals surface area contributed by atoms with Gasteiger partial charge >= 0.3 is 6.03 Å². The van der Waals surface area contributed by atoms with Crippen LogP contribution in [-0.2, 0) is 16.1 Å². The van der Waals surface area contributed by atoms with Crippen molar-refractivity contribution in [1.29, 1.82) is 0 Å². The molecule has 1 fully saturated rings. The molecule has 2 aromatic carbocycles. The highest BCUT2D eigenvalue weighted by Crippen LogP contribution is 2.29. The zero-order chi connectivity index (χ0) is 28.3. The Balaban J connectivity index is 1.54. The minimum absolute atomic E-state index is 0.112. The number of carbonyl (C=O) groups is 2. The number of ether oxygens (including phenoxy) is 4. The van der Waals surface area contributed by atoms with E-state index in [1.165, 1.54) is 0 Å². The predicted molar refractivity (Wildman–Crippen MR) is 152 cm³/mol. The minimum atomic E-state index is -0.290. The molecule has 0 radical (unpaired) electrons. The summed E-state index contributed by atoms with van der Waals surface area (Å²) in [4.78, 5) is 28.1. The zero-order valence-electron chi connectivity index (χ0n) is 23.7. The Morgan fingerprint density at radius 1 is 1.05 bits per heavy atom. The Kier molecular flexibility index (Phi) is 11.0. The number of carbonyl (C=O) groups excluding carboxylic acids is 2. The summed E-state index contributed by atoms with van der Waals surface area (Å²) in [6.45, 7) is 8.83. The molecule has 0 saturated carbocycles. The van der Waals surface area contributed by atoms with Gasteiger partial charge in [0.15, 0.2) is 0 Å². The maximum absolute atomic E-state index is 12.9. The van der Waals surface area contributed by atoms with Crippen LogP contribution in [0.3, 0.4) is 0 Å². The zero-order valence-corrected chi connectivity index (χ0v) is 23.7. The number of fused-ring (bicyclic) bond motifs is 5. The first kappa shape index (κ1) is 29.6. The van der Waals surface area contributed by atoms with Crippen molar-refractivity contribution < 1.29 is 28.5 Å². The van der Waals surface area contributed by atoms with Gasteiger partial charge in [0.05, 0.1) is 25.4 Å². The van der Waals surface area contributed by atoms with Gasteiger partial charge in [-0.25, -0.2) is 4.79 Å². The Morgan fingerprint density at radius 2 is 1.90 bits per heavy atom. The third kappa shape index (κ3) is 9.11. The topological polar surface area (TPSA) is 110 Å². The van der Waals surface area contributed by atoms with Gasteiger partial charge in [0.2, 0.25) is 0 Å². The molecule has 2 aromatic rings. The average Bonchev–Trinajstić information content (AvgIpc) is 2.93. The van der Waals surface area contributed by atoms with Crippen LogP contribution in [0.1, 0.15) is 42.6 Å². The largest absolute Gasteiger partial charge is 0.491 e. The summed E-state index contributed by atoms with van der Waals surface area (Å²) < 4.78 is 23.4. The van der Waals surface area contributed by atoms with Gasteiger partial charge in [0.1, 0.15) is 23.9 Å². The molecule has 10 nitrogen and oxygen atoms in total. The van der Waals surface area contributed by atoms with Gasteiger partial charge in [-0.05, 0) is 55.1 Å². The van der Waals surface area contributed by atoms with Crippen molar-refractivity contribution in [3.8, 4) is 17.2 Å². The van der Waals surface area contributed by atoms with Crippen molar-refractivity contribution in [2.24, 2.45) is 5.92 Å². The number of methoxy groups -OCH3 is 1. The molecule has 2 aliphatic rings. The average molecular weight is 555 g/mol. The number of hydrogen-bond acceptors (Lipinski definition) is 7. The van der Waals surface area contributed by atoms with Gasteiger partial charge in [-0.3, -0.25) is 4.79 Å². The first-order chi connectivity index (χ1) is 19.4. The van der Waals surface area contributed by atoms with Crippen LogP contribution < -0.4 is 25.4 Å². The second kappa shape index (κ2) is 14.9. The number of benzene rings is 2. The molecule has 2 aliphatic heterocycles. The van der Waals surface area contributed by atoms with Crippen molar-refractivity contribution in [3.63, 3.8) is 0 Å². The summed E-state index contributed by atoms with van der Waals surface area (Å²) in [5, 5.41) is 8.80. The fraction of sp³-hybridized carbons (Fsp3) is 0.533. The Bertz CT molecular complexity index is 1130. The van der Waals surface area contributed by atoms with E-state index in [1.807, 2.05) is 24.3 Å². The lowest BCUT2D eigenvalue weighted by Crippen LogP contribution is -2.57. The van der Waals surface area contributed by atoms with Crippen LogP contribution in [0, 0.1) is 5.92 Å².